The van der Waals surface area contributed by atoms with Crippen molar-refractivity contribution in [2.75, 3.05) is 7.05 Å². The van der Waals surface area contributed by atoms with Gasteiger partial charge in [0.2, 0.25) is 10.0 Å². The summed E-state index contributed by atoms with van der Waals surface area (Å²) >= 11 is 0. The van der Waals surface area contributed by atoms with Gasteiger partial charge in [-0.1, -0.05) is 25.3 Å². The summed E-state index contributed by atoms with van der Waals surface area (Å²) in [5.74, 6) is 0. The zero-order valence-corrected chi connectivity index (χ0v) is 13.9. The summed E-state index contributed by atoms with van der Waals surface area (Å²) < 4.78 is 27.3. The van der Waals surface area contributed by atoms with Gasteiger partial charge in [-0.25, -0.2) is 8.42 Å². The Hall–Kier alpha value is -0.910. The molecule has 0 unspecified atom stereocenters. The molecule has 2 rings (SSSR count). The van der Waals surface area contributed by atoms with Crippen LogP contribution in [0.25, 0.3) is 0 Å². The van der Waals surface area contributed by atoms with Gasteiger partial charge in [-0.3, -0.25) is 0 Å². The molecular formula is C16H25NO3S. The molecule has 21 heavy (non-hydrogen) atoms. The van der Waals surface area contributed by atoms with Crippen LogP contribution in [0.5, 0.6) is 0 Å². The summed E-state index contributed by atoms with van der Waals surface area (Å²) in [5, 5.41) is 9.38. The number of aryl methyl sites for hydroxylation is 2. The highest BCUT2D eigenvalue weighted by atomic mass is 32.2. The molecule has 1 fully saturated rings. The summed E-state index contributed by atoms with van der Waals surface area (Å²) in [4.78, 5) is 0.324. The fraction of sp³-hybridized carbons (Fsp3) is 0.625. The third kappa shape index (κ3) is 3.30. The molecule has 4 nitrogen and oxygen atoms in total. The van der Waals surface area contributed by atoms with Crippen molar-refractivity contribution >= 4 is 10.0 Å². The Kier molecular flexibility index (Phi) is 5.07. The largest absolute Gasteiger partial charge is 0.392 e. The first-order valence-corrected chi connectivity index (χ1v) is 9.01. The van der Waals surface area contributed by atoms with E-state index in [2.05, 4.69) is 0 Å². The van der Waals surface area contributed by atoms with E-state index in [1.807, 2.05) is 19.9 Å². The Balaban J connectivity index is 2.38. The molecule has 0 aromatic heterocycles. The average molecular weight is 311 g/mol. The number of hydrogen-bond acceptors (Lipinski definition) is 3. The SMILES string of the molecule is Cc1cc(C)c(S(=O)(=O)N(C)C2CCCCC2)cc1CO. The molecule has 118 valence electrons. The van der Waals surface area contributed by atoms with E-state index in [1.54, 1.807) is 13.1 Å². The van der Waals surface area contributed by atoms with E-state index in [9.17, 15) is 13.5 Å². The molecule has 0 amide bonds. The number of sulfonamides is 1. The molecule has 1 aliphatic carbocycles. The third-order valence-corrected chi connectivity index (χ3v) is 6.60. The van der Waals surface area contributed by atoms with Crippen LogP contribution in [-0.4, -0.2) is 30.9 Å². The van der Waals surface area contributed by atoms with Crippen molar-refractivity contribution in [3.63, 3.8) is 0 Å². The van der Waals surface area contributed by atoms with Gasteiger partial charge in [0.15, 0.2) is 0 Å². The minimum atomic E-state index is -3.50. The second-order valence-corrected chi connectivity index (χ2v) is 7.98. The molecule has 0 spiro atoms. The van der Waals surface area contributed by atoms with Gasteiger partial charge in [0, 0.05) is 13.1 Å². The number of aliphatic hydroxyl groups is 1. The molecular weight excluding hydrogens is 286 g/mol. The van der Waals surface area contributed by atoms with Crippen molar-refractivity contribution in [2.45, 2.75) is 63.5 Å². The van der Waals surface area contributed by atoms with E-state index in [1.165, 1.54) is 10.7 Å². The van der Waals surface area contributed by atoms with Gasteiger partial charge in [-0.2, -0.15) is 4.31 Å². The fourth-order valence-corrected chi connectivity index (χ4v) is 4.79. The van der Waals surface area contributed by atoms with Gasteiger partial charge in [0.1, 0.15) is 0 Å². The van der Waals surface area contributed by atoms with Crippen LogP contribution >= 0.6 is 0 Å². The topological polar surface area (TPSA) is 57.6 Å². The monoisotopic (exact) mass is 311 g/mol. The van der Waals surface area contributed by atoms with Crippen LogP contribution in [0.4, 0.5) is 0 Å². The van der Waals surface area contributed by atoms with E-state index < -0.39 is 10.0 Å². The Morgan fingerprint density at radius 1 is 1.14 bits per heavy atom. The summed E-state index contributed by atoms with van der Waals surface area (Å²) in [6.45, 7) is 3.57. The molecule has 1 aromatic carbocycles. The molecule has 0 bridgehead atoms. The third-order valence-electron chi connectivity index (χ3n) is 4.55. The first-order chi connectivity index (χ1) is 9.87. The zero-order chi connectivity index (χ0) is 15.6. The van der Waals surface area contributed by atoms with Crippen LogP contribution in [0.1, 0.15) is 48.8 Å². The molecule has 1 saturated carbocycles. The van der Waals surface area contributed by atoms with Crippen molar-refractivity contribution in [1.82, 2.24) is 4.31 Å². The van der Waals surface area contributed by atoms with Crippen LogP contribution in [-0.2, 0) is 16.6 Å². The zero-order valence-electron chi connectivity index (χ0n) is 13.1. The van der Waals surface area contributed by atoms with Crippen LogP contribution in [0.2, 0.25) is 0 Å². The molecule has 1 aliphatic rings. The lowest BCUT2D eigenvalue weighted by Crippen LogP contribution is -2.38. The minimum absolute atomic E-state index is 0.0991. The molecule has 1 N–H and O–H groups in total. The van der Waals surface area contributed by atoms with Crippen molar-refractivity contribution in [2.24, 2.45) is 0 Å². The van der Waals surface area contributed by atoms with E-state index in [0.29, 0.717) is 10.5 Å². The Labute approximate surface area is 127 Å². The standard InChI is InChI=1S/C16H25NO3S/c1-12-9-13(2)16(10-14(12)11-18)21(19,20)17(3)15-7-5-4-6-8-15/h9-10,15,18H,4-8,11H2,1-3H3. The predicted molar refractivity (Wildman–Crippen MR) is 83.7 cm³/mol. The maximum atomic E-state index is 12.9. The maximum Gasteiger partial charge on any atom is 0.243 e. The molecule has 0 heterocycles. The highest BCUT2D eigenvalue weighted by Gasteiger charge is 2.30. The smallest absolute Gasteiger partial charge is 0.243 e. The van der Waals surface area contributed by atoms with E-state index in [4.69, 9.17) is 0 Å². The molecule has 0 aliphatic heterocycles. The molecule has 0 saturated heterocycles. The minimum Gasteiger partial charge on any atom is -0.392 e. The van der Waals surface area contributed by atoms with Crippen molar-refractivity contribution in [1.29, 1.82) is 0 Å². The summed E-state index contributed by atoms with van der Waals surface area (Å²) in [6.07, 6.45) is 5.27. The fourth-order valence-electron chi connectivity index (χ4n) is 3.12. The maximum absolute atomic E-state index is 12.9. The highest BCUT2D eigenvalue weighted by molar-refractivity contribution is 7.89. The van der Waals surface area contributed by atoms with Crippen molar-refractivity contribution in [3.8, 4) is 0 Å². The first-order valence-electron chi connectivity index (χ1n) is 7.57. The van der Waals surface area contributed by atoms with Gasteiger partial charge < -0.3 is 5.11 Å². The Morgan fingerprint density at radius 3 is 2.33 bits per heavy atom. The molecule has 1 aromatic rings. The van der Waals surface area contributed by atoms with Gasteiger partial charge in [0.05, 0.1) is 11.5 Å². The van der Waals surface area contributed by atoms with Crippen LogP contribution < -0.4 is 0 Å². The summed E-state index contributed by atoms with van der Waals surface area (Å²) in [5.41, 5.74) is 2.35. The van der Waals surface area contributed by atoms with Gasteiger partial charge >= 0.3 is 0 Å². The molecule has 5 heteroatoms. The first kappa shape index (κ1) is 16.5. The number of hydrogen-bond donors (Lipinski definition) is 1. The van der Waals surface area contributed by atoms with Crippen LogP contribution in [0.3, 0.4) is 0 Å². The number of aliphatic hydroxyl groups excluding tert-OH is 1. The molecule has 0 atom stereocenters. The lowest BCUT2D eigenvalue weighted by Gasteiger charge is -2.31. The number of nitrogens with zero attached hydrogens (tertiary/aromatic N) is 1. The second kappa shape index (κ2) is 6.46. The van der Waals surface area contributed by atoms with Crippen molar-refractivity contribution < 1.29 is 13.5 Å². The van der Waals surface area contributed by atoms with Crippen molar-refractivity contribution in [3.05, 3.63) is 28.8 Å². The van der Waals surface area contributed by atoms with Crippen LogP contribution in [0, 0.1) is 13.8 Å². The quantitative estimate of drug-likeness (QED) is 0.930. The normalized spacial score (nSPS) is 17.4. The lowest BCUT2D eigenvalue weighted by molar-refractivity contribution is 0.280. The van der Waals surface area contributed by atoms with E-state index in [-0.39, 0.29) is 12.6 Å². The summed E-state index contributed by atoms with van der Waals surface area (Å²) in [6, 6.07) is 3.56. The second-order valence-electron chi connectivity index (χ2n) is 6.02. The number of rotatable bonds is 4. The average Bonchev–Trinajstić information content (AvgIpc) is 2.47. The molecule has 0 radical (unpaired) electrons. The van der Waals surface area contributed by atoms with Gasteiger partial charge in [0.25, 0.3) is 0 Å². The predicted octanol–water partition coefficient (Wildman–Crippen LogP) is 2.75. The lowest BCUT2D eigenvalue weighted by atomic mass is 9.96. The Morgan fingerprint density at radius 2 is 1.76 bits per heavy atom. The highest BCUT2D eigenvalue weighted by Crippen LogP contribution is 2.29. The van der Waals surface area contributed by atoms with Gasteiger partial charge in [-0.05, 0) is 49.4 Å². The van der Waals surface area contributed by atoms with E-state index >= 15 is 0 Å². The summed E-state index contributed by atoms with van der Waals surface area (Å²) in [7, 11) is -1.81. The Bertz CT molecular complexity index is 604. The number of benzene rings is 1. The van der Waals surface area contributed by atoms with Crippen LogP contribution in [0.15, 0.2) is 17.0 Å². The van der Waals surface area contributed by atoms with Gasteiger partial charge in [-0.15, -0.1) is 0 Å². The van der Waals surface area contributed by atoms with E-state index in [0.717, 1.165) is 36.8 Å².